The van der Waals surface area contributed by atoms with E-state index >= 15 is 0 Å². The molecule has 2 unspecified atom stereocenters. The summed E-state index contributed by atoms with van der Waals surface area (Å²) in [5.74, 6) is 7.50. The summed E-state index contributed by atoms with van der Waals surface area (Å²) in [5.41, 5.74) is 12.6. The number of methoxy groups -OCH3 is 3. The molecule has 13 rings (SSSR count). The number of nitrogens with zero attached hydrogens (tertiary/aromatic N) is 9. The topological polar surface area (TPSA) is 145 Å². The van der Waals surface area contributed by atoms with E-state index in [0.29, 0.717) is 48.1 Å². The van der Waals surface area contributed by atoms with Crippen LogP contribution in [0.15, 0.2) is 149 Å². The minimum Gasteiger partial charge on any atom is -0.493 e. The van der Waals surface area contributed by atoms with Gasteiger partial charge in [0, 0.05) is 48.0 Å². The number of ether oxygens (including phenoxy) is 5. The Kier molecular flexibility index (Phi) is 10.7. The van der Waals surface area contributed by atoms with E-state index in [0.717, 1.165) is 71.5 Å². The number of hydrogen-bond acceptors (Lipinski definition) is 12. The third kappa shape index (κ3) is 7.59. The normalized spacial score (nSPS) is 18.2. The summed E-state index contributed by atoms with van der Waals surface area (Å²) in [4.78, 5) is 3.95. The van der Waals surface area contributed by atoms with Crippen molar-refractivity contribution in [2.45, 2.75) is 38.0 Å². The molecule has 0 radical (unpaired) electrons. The Morgan fingerprint density at radius 1 is 0.712 bits per heavy atom. The zero-order valence-electron chi connectivity index (χ0n) is 36.7. The summed E-state index contributed by atoms with van der Waals surface area (Å²) in [6.45, 7) is 0.328. The SMILES string of the molecule is C1=CC(CC2=CC=C3CC(c4ccc5c(c4)OCO5)=CC32)c2ccccc21.C1=Nn2c(nnc2-c2ccncc2)C1.COc1cc(-c2nnc3n2N=C(C2=CC=CC2)C3)cc(OC)c1OC. The van der Waals surface area contributed by atoms with E-state index in [2.05, 4.69) is 115 Å². The molecule has 0 N–H and O–H groups in total. The van der Waals surface area contributed by atoms with Gasteiger partial charge < -0.3 is 23.7 Å². The Bertz CT molecular complexity index is 3110. The Balaban J connectivity index is 0.000000115. The van der Waals surface area contributed by atoms with Gasteiger partial charge in [0.1, 0.15) is 0 Å². The van der Waals surface area contributed by atoms with Crippen molar-refractivity contribution in [2.24, 2.45) is 16.1 Å². The van der Waals surface area contributed by atoms with E-state index in [1.807, 2.05) is 36.5 Å². The van der Waals surface area contributed by atoms with Gasteiger partial charge in [-0.2, -0.15) is 19.6 Å². The van der Waals surface area contributed by atoms with E-state index in [1.54, 1.807) is 43.1 Å². The zero-order valence-corrected chi connectivity index (χ0v) is 36.7. The molecule has 7 aliphatic rings. The molecule has 3 aromatic carbocycles. The number of hydrogen-bond donors (Lipinski definition) is 0. The Morgan fingerprint density at radius 2 is 1.52 bits per heavy atom. The van der Waals surface area contributed by atoms with Gasteiger partial charge in [-0.3, -0.25) is 4.98 Å². The summed E-state index contributed by atoms with van der Waals surface area (Å²) in [6.07, 6.45) is 27.8. The van der Waals surface area contributed by atoms with Gasteiger partial charge in [0.15, 0.2) is 46.3 Å². The van der Waals surface area contributed by atoms with Crippen LogP contribution in [-0.2, 0) is 12.8 Å². The van der Waals surface area contributed by atoms with E-state index in [9.17, 15) is 0 Å². The van der Waals surface area contributed by atoms with Crippen LogP contribution in [0.3, 0.4) is 0 Å². The smallest absolute Gasteiger partial charge is 0.231 e. The van der Waals surface area contributed by atoms with Crippen molar-refractivity contribution in [1.82, 2.24) is 34.7 Å². The molecular formula is C52H45N9O5. The van der Waals surface area contributed by atoms with Gasteiger partial charge in [0.2, 0.25) is 12.5 Å². The fraction of sp³-hybridized carbons (Fsp3) is 0.212. The molecule has 4 aliphatic carbocycles. The fourth-order valence-corrected chi connectivity index (χ4v) is 9.28. The predicted molar refractivity (Wildman–Crippen MR) is 252 cm³/mol. The zero-order chi connectivity index (χ0) is 44.6. The van der Waals surface area contributed by atoms with Crippen molar-refractivity contribution in [3.8, 4) is 51.5 Å². The molecule has 0 fully saturated rings. The minimum atomic E-state index is 0.328. The largest absolute Gasteiger partial charge is 0.493 e. The van der Waals surface area contributed by atoms with Crippen molar-refractivity contribution in [1.29, 1.82) is 0 Å². The lowest BCUT2D eigenvalue weighted by atomic mass is 9.88. The van der Waals surface area contributed by atoms with Gasteiger partial charge in [-0.15, -0.1) is 20.4 Å². The average molecular weight is 876 g/mol. The van der Waals surface area contributed by atoms with Gasteiger partial charge in [0.05, 0.1) is 33.5 Å². The van der Waals surface area contributed by atoms with Crippen molar-refractivity contribution < 1.29 is 23.7 Å². The number of benzene rings is 3. The standard InChI is InChI=1S/C25H20O2.C18H18N4O3.C9H7N5/c1-2-4-22-16(3-1)5-6-18(22)11-19-7-8-20-12-21(13-23(19)20)17-9-10-24-25(14-17)27-15-26-24;1-23-14-8-12(9-15(24-2)17(14)25-3)18-20-19-16-10-13(21-22(16)18)11-6-4-5-7-11;1-4-10-5-2-7(1)9-13-12-8-3-6-11-14(8)9/h1-10,13-14,18,23H,11-12,15H2;4-6,8-9H,7,10H2,1-3H3;1-2,4-6H,3H2. The molecule has 0 amide bonds. The maximum Gasteiger partial charge on any atom is 0.231 e. The summed E-state index contributed by atoms with van der Waals surface area (Å²) in [6, 6.07) is 22.5. The van der Waals surface area contributed by atoms with E-state index in [1.165, 1.54) is 39.0 Å². The van der Waals surface area contributed by atoms with Crippen LogP contribution >= 0.6 is 0 Å². The number of fused-ring (bicyclic) bond motifs is 5. The van der Waals surface area contributed by atoms with E-state index in [4.69, 9.17) is 28.8 Å². The van der Waals surface area contributed by atoms with Crippen molar-refractivity contribution >= 4 is 23.6 Å². The Morgan fingerprint density at radius 3 is 2.32 bits per heavy atom. The number of allylic oxidation sites excluding steroid dienone is 11. The number of rotatable bonds is 9. The maximum absolute atomic E-state index is 5.55. The van der Waals surface area contributed by atoms with Crippen LogP contribution < -0.4 is 23.7 Å². The third-order valence-corrected chi connectivity index (χ3v) is 12.6. The van der Waals surface area contributed by atoms with E-state index in [-0.39, 0.29) is 0 Å². The molecular weight excluding hydrogens is 831 g/mol. The van der Waals surface area contributed by atoms with Gasteiger partial charge >= 0.3 is 0 Å². The number of pyridine rings is 1. The molecule has 3 aliphatic heterocycles. The van der Waals surface area contributed by atoms with Crippen LogP contribution in [0.25, 0.3) is 34.4 Å². The Labute approximate surface area is 381 Å². The second-order valence-electron chi connectivity index (χ2n) is 16.4. The molecule has 0 saturated heterocycles. The fourth-order valence-electron chi connectivity index (χ4n) is 9.28. The molecule has 14 heteroatoms. The highest BCUT2D eigenvalue weighted by Crippen LogP contribution is 2.48. The summed E-state index contributed by atoms with van der Waals surface area (Å²) in [5, 5.41) is 25.6. The second-order valence-corrected chi connectivity index (χ2v) is 16.4. The molecule has 0 bridgehead atoms. The second kappa shape index (κ2) is 17.4. The van der Waals surface area contributed by atoms with Crippen LogP contribution in [0.1, 0.15) is 53.5 Å². The minimum absolute atomic E-state index is 0.328. The lowest BCUT2D eigenvalue weighted by Gasteiger charge is -2.16. The Hall–Kier alpha value is -8.13. The average Bonchev–Trinajstić information content (AvgIpc) is 4.20. The van der Waals surface area contributed by atoms with Crippen molar-refractivity contribution in [3.05, 3.63) is 167 Å². The summed E-state index contributed by atoms with van der Waals surface area (Å²) >= 11 is 0. The first-order valence-corrected chi connectivity index (χ1v) is 21.9. The molecule has 6 aromatic rings. The predicted octanol–water partition coefficient (Wildman–Crippen LogP) is 9.23. The molecule has 3 aromatic heterocycles. The molecule has 14 nitrogen and oxygen atoms in total. The molecule has 0 spiro atoms. The molecule has 6 heterocycles. The summed E-state index contributed by atoms with van der Waals surface area (Å²) in [7, 11) is 4.75. The lowest BCUT2D eigenvalue weighted by Crippen LogP contribution is -2.02. The highest BCUT2D eigenvalue weighted by molar-refractivity contribution is 6.03. The van der Waals surface area contributed by atoms with Crippen LogP contribution in [-0.4, -0.2) is 74.8 Å². The van der Waals surface area contributed by atoms with Gasteiger partial charge in [-0.25, -0.2) is 0 Å². The quantitative estimate of drug-likeness (QED) is 0.138. The third-order valence-electron chi connectivity index (χ3n) is 12.6. The monoisotopic (exact) mass is 875 g/mol. The molecule has 66 heavy (non-hydrogen) atoms. The van der Waals surface area contributed by atoms with Gasteiger partial charge in [0.25, 0.3) is 0 Å². The molecule has 2 atom stereocenters. The van der Waals surface area contributed by atoms with Crippen molar-refractivity contribution in [3.63, 3.8) is 0 Å². The number of aromatic nitrogens is 7. The van der Waals surface area contributed by atoms with E-state index < -0.39 is 0 Å². The molecule has 328 valence electrons. The summed E-state index contributed by atoms with van der Waals surface area (Å²) < 4.78 is 30.8. The first kappa shape index (κ1) is 40.6. The van der Waals surface area contributed by atoms with Gasteiger partial charge in [-0.05, 0) is 83.5 Å². The highest BCUT2D eigenvalue weighted by Gasteiger charge is 2.31. The van der Waals surface area contributed by atoms with Crippen LogP contribution in [0.4, 0.5) is 0 Å². The van der Waals surface area contributed by atoms with Crippen LogP contribution in [0.5, 0.6) is 28.7 Å². The van der Waals surface area contributed by atoms with Crippen molar-refractivity contribution in [2.75, 3.05) is 28.1 Å². The van der Waals surface area contributed by atoms with Crippen LogP contribution in [0.2, 0.25) is 0 Å². The maximum atomic E-state index is 5.55. The first-order valence-electron chi connectivity index (χ1n) is 21.9. The highest BCUT2D eigenvalue weighted by atomic mass is 16.7. The lowest BCUT2D eigenvalue weighted by molar-refractivity contribution is 0.174. The van der Waals surface area contributed by atoms with Crippen LogP contribution in [0, 0.1) is 5.92 Å². The van der Waals surface area contributed by atoms with Gasteiger partial charge in [-0.1, -0.05) is 90.1 Å². The first-order chi connectivity index (χ1) is 32.5. The molecule has 0 saturated carbocycles.